The van der Waals surface area contributed by atoms with Crippen LogP contribution in [0.25, 0.3) is 11.4 Å². The van der Waals surface area contributed by atoms with Gasteiger partial charge in [0.2, 0.25) is 5.82 Å². The van der Waals surface area contributed by atoms with E-state index >= 15 is 0 Å². The van der Waals surface area contributed by atoms with Gasteiger partial charge < -0.3 is 10.4 Å². The molecule has 28 heavy (non-hydrogen) atoms. The molecule has 0 aliphatic carbocycles. The SMILES string of the molecule is OCCn1nnc(-c2ccccc2Nc2ccc(C3(C(F)(F)F)N=N3)cc2)n1. The van der Waals surface area contributed by atoms with Crippen molar-refractivity contribution in [3.05, 3.63) is 54.1 Å². The van der Waals surface area contributed by atoms with E-state index in [-0.39, 0.29) is 18.7 Å². The van der Waals surface area contributed by atoms with Gasteiger partial charge in [-0.1, -0.05) is 24.3 Å². The summed E-state index contributed by atoms with van der Waals surface area (Å²) in [7, 11) is 0. The predicted molar refractivity (Wildman–Crippen MR) is 92.7 cm³/mol. The highest BCUT2D eigenvalue weighted by Gasteiger charge is 2.65. The fraction of sp³-hybridized carbons (Fsp3) is 0.235. The van der Waals surface area contributed by atoms with E-state index in [2.05, 4.69) is 31.0 Å². The Kier molecular flexibility index (Phi) is 4.30. The van der Waals surface area contributed by atoms with Gasteiger partial charge in [-0.2, -0.15) is 18.0 Å². The number of tetrazole rings is 1. The van der Waals surface area contributed by atoms with Crippen molar-refractivity contribution in [1.82, 2.24) is 20.2 Å². The standard InChI is InChI=1S/C17H14F3N7O/c18-17(19,20)16(24-25-16)11-5-7-12(8-6-11)21-14-4-2-1-3-13(14)15-22-26-27(23-15)9-10-28/h1-8,21,28H,9-10H2. The van der Waals surface area contributed by atoms with E-state index < -0.39 is 11.8 Å². The molecule has 2 heterocycles. The van der Waals surface area contributed by atoms with Crippen molar-refractivity contribution in [2.24, 2.45) is 10.2 Å². The molecule has 0 saturated carbocycles. The van der Waals surface area contributed by atoms with E-state index in [1.807, 2.05) is 0 Å². The number of alkyl halides is 3. The first-order chi connectivity index (χ1) is 13.4. The van der Waals surface area contributed by atoms with Gasteiger partial charge in [-0.15, -0.1) is 20.4 Å². The molecule has 4 rings (SSSR count). The van der Waals surface area contributed by atoms with E-state index in [1.54, 1.807) is 24.3 Å². The van der Waals surface area contributed by atoms with Gasteiger partial charge in [-0.3, -0.25) is 0 Å². The van der Waals surface area contributed by atoms with Crippen molar-refractivity contribution >= 4 is 11.4 Å². The van der Waals surface area contributed by atoms with Crippen molar-refractivity contribution in [3.63, 3.8) is 0 Å². The summed E-state index contributed by atoms with van der Waals surface area (Å²) in [5.41, 5.74) is -0.567. The highest BCUT2D eigenvalue weighted by molar-refractivity contribution is 5.77. The molecule has 144 valence electrons. The smallest absolute Gasteiger partial charge is 0.394 e. The van der Waals surface area contributed by atoms with E-state index in [1.165, 1.54) is 29.1 Å². The largest absolute Gasteiger partial charge is 0.442 e. The Bertz CT molecular complexity index is 1010. The molecule has 1 aromatic heterocycles. The van der Waals surface area contributed by atoms with Gasteiger partial charge in [-0.25, -0.2) is 0 Å². The van der Waals surface area contributed by atoms with Gasteiger partial charge in [0, 0.05) is 22.5 Å². The first kappa shape index (κ1) is 18.0. The van der Waals surface area contributed by atoms with Crippen molar-refractivity contribution in [1.29, 1.82) is 0 Å². The van der Waals surface area contributed by atoms with Crippen LogP contribution in [0.1, 0.15) is 5.56 Å². The van der Waals surface area contributed by atoms with Crippen LogP contribution in [-0.2, 0) is 12.2 Å². The Morgan fingerprint density at radius 2 is 1.75 bits per heavy atom. The lowest BCUT2D eigenvalue weighted by Crippen LogP contribution is -2.29. The average Bonchev–Trinajstić information content (AvgIpc) is 3.37. The minimum absolute atomic E-state index is 0.0348. The summed E-state index contributed by atoms with van der Waals surface area (Å²) in [6.07, 6.45) is -4.55. The topological polar surface area (TPSA) is 101 Å². The summed E-state index contributed by atoms with van der Waals surface area (Å²) < 4.78 is 39.3. The number of rotatable bonds is 6. The molecule has 1 aliphatic rings. The van der Waals surface area contributed by atoms with Crippen LogP contribution < -0.4 is 5.32 Å². The normalized spacial score (nSPS) is 14.9. The molecule has 0 unspecified atom stereocenters. The van der Waals surface area contributed by atoms with Gasteiger partial charge in [0.05, 0.1) is 13.2 Å². The summed E-state index contributed by atoms with van der Waals surface area (Å²) in [5.74, 6) is 0.361. The third-order valence-corrected chi connectivity index (χ3v) is 4.18. The molecule has 2 N–H and O–H groups in total. The maximum atomic E-state index is 13.1. The number of halogens is 3. The molecule has 11 heteroatoms. The van der Waals surface area contributed by atoms with E-state index in [4.69, 9.17) is 5.11 Å². The van der Waals surface area contributed by atoms with Crippen LogP contribution >= 0.6 is 0 Å². The molecule has 2 aromatic carbocycles. The summed E-state index contributed by atoms with van der Waals surface area (Å²) in [5, 5.41) is 30.5. The third-order valence-electron chi connectivity index (χ3n) is 4.18. The third kappa shape index (κ3) is 3.20. The highest BCUT2D eigenvalue weighted by Crippen LogP contribution is 2.52. The minimum atomic E-state index is -4.55. The highest BCUT2D eigenvalue weighted by atomic mass is 19.4. The zero-order chi connectivity index (χ0) is 19.8. The van der Waals surface area contributed by atoms with Crippen LogP contribution in [-0.4, -0.2) is 38.1 Å². The second-order valence-corrected chi connectivity index (χ2v) is 6.05. The van der Waals surface area contributed by atoms with E-state index in [9.17, 15) is 13.2 Å². The Morgan fingerprint density at radius 3 is 2.39 bits per heavy atom. The lowest BCUT2D eigenvalue weighted by molar-refractivity contribution is -0.166. The molecule has 0 spiro atoms. The molecule has 0 radical (unpaired) electrons. The number of benzene rings is 2. The van der Waals surface area contributed by atoms with Gasteiger partial charge in [-0.05, 0) is 29.5 Å². The number of aromatic nitrogens is 4. The molecule has 0 saturated heterocycles. The molecular formula is C17H14F3N7O. The minimum Gasteiger partial charge on any atom is -0.394 e. The molecule has 0 atom stereocenters. The Balaban J connectivity index is 1.57. The van der Waals surface area contributed by atoms with Crippen molar-refractivity contribution in [2.45, 2.75) is 18.4 Å². The van der Waals surface area contributed by atoms with Crippen molar-refractivity contribution in [3.8, 4) is 11.4 Å². The average molecular weight is 389 g/mol. The fourth-order valence-electron chi connectivity index (χ4n) is 2.71. The number of hydrogen-bond acceptors (Lipinski definition) is 7. The lowest BCUT2D eigenvalue weighted by atomic mass is 10.0. The van der Waals surface area contributed by atoms with Crippen molar-refractivity contribution < 1.29 is 18.3 Å². The first-order valence-electron chi connectivity index (χ1n) is 8.29. The van der Waals surface area contributed by atoms with Crippen LogP contribution in [0, 0.1) is 0 Å². The van der Waals surface area contributed by atoms with Gasteiger partial charge in [0.1, 0.15) is 0 Å². The number of nitrogens with one attached hydrogen (secondary N) is 1. The molecule has 1 aliphatic heterocycles. The first-order valence-corrected chi connectivity index (χ1v) is 8.29. The molecular weight excluding hydrogens is 375 g/mol. The molecule has 3 aromatic rings. The van der Waals surface area contributed by atoms with Crippen LogP contribution in [0.15, 0.2) is 58.8 Å². The number of para-hydroxylation sites is 1. The van der Waals surface area contributed by atoms with Crippen LogP contribution in [0.5, 0.6) is 0 Å². The number of nitrogens with zero attached hydrogens (tertiary/aromatic N) is 6. The summed E-state index contributed by atoms with van der Waals surface area (Å²) in [6.45, 7) is 0.112. The maximum Gasteiger partial charge on any atom is 0.442 e. The summed E-state index contributed by atoms with van der Waals surface area (Å²) in [4.78, 5) is 1.28. The van der Waals surface area contributed by atoms with E-state index in [0.717, 1.165) is 0 Å². The Hall–Kier alpha value is -3.34. The molecule has 8 nitrogen and oxygen atoms in total. The predicted octanol–water partition coefficient (Wildman–Crippen LogP) is 3.26. The Labute approximate surface area is 156 Å². The number of aliphatic hydroxyl groups excluding tert-OH is 1. The zero-order valence-corrected chi connectivity index (χ0v) is 14.3. The van der Waals surface area contributed by atoms with E-state index in [0.29, 0.717) is 22.8 Å². The molecule has 0 fully saturated rings. The Morgan fingerprint density at radius 1 is 1.04 bits per heavy atom. The second-order valence-electron chi connectivity index (χ2n) is 6.05. The number of anilines is 2. The summed E-state index contributed by atoms with van der Waals surface area (Å²) >= 11 is 0. The second kappa shape index (κ2) is 6.68. The van der Waals surface area contributed by atoms with Crippen LogP contribution in [0.2, 0.25) is 0 Å². The molecule has 0 bridgehead atoms. The van der Waals surface area contributed by atoms with Crippen LogP contribution in [0.3, 0.4) is 0 Å². The zero-order valence-electron chi connectivity index (χ0n) is 14.3. The molecule has 0 amide bonds. The quantitative estimate of drug-likeness (QED) is 0.674. The van der Waals surface area contributed by atoms with Gasteiger partial charge in [0.15, 0.2) is 0 Å². The number of hydrogen-bond donors (Lipinski definition) is 2. The van der Waals surface area contributed by atoms with Crippen molar-refractivity contribution in [2.75, 3.05) is 11.9 Å². The van der Waals surface area contributed by atoms with Gasteiger partial charge >= 0.3 is 11.8 Å². The van der Waals surface area contributed by atoms with Crippen LogP contribution in [0.4, 0.5) is 24.5 Å². The maximum absolute atomic E-state index is 13.1. The van der Waals surface area contributed by atoms with Gasteiger partial charge in [0.25, 0.3) is 0 Å². The lowest BCUT2D eigenvalue weighted by Gasteiger charge is -2.15. The monoisotopic (exact) mass is 389 g/mol. The summed E-state index contributed by atoms with van der Waals surface area (Å²) in [6, 6.07) is 12.9. The number of aliphatic hydroxyl groups is 1. The fourth-order valence-corrected chi connectivity index (χ4v) is 2.71.